The number of fused-ring (bicyclic) bond motifs is 1. The molecule has 130 valence electrons. The molecule has 3 aromatic rings. The van der Waals surface area contributed by atoms with Gasteiger partial charge in [0.15, 0.2) is 0 Å². The molecule has 1 unspecified atom stereocenters. The third kappa shape index (κ3) is 2.95. The van der Waals surface area contributed by atoms with Crippen molar-refractivity contribution in [3.63, 3.8) is 0 Å². The number of aryl methyl sites for hydroxylation is 2. The topological polar surface area (TPSA) is 62.7 Å². The Bertz CT molecular complexity index is 932. The summed E-state index contributed by atoms with van der Waals surface area (Å²) in [7, 11) is 0. The normalized spacial score (nSPS) is 15.5. The van der Waals surface area contributed by atoms with E-state index in [1.807, 2.05) is 42.9 Å². The van der Waals surface area contributed by atoms with Crippen LogP contribution in [0.4, 0.5) is 5.82 Å². The highest BCUT2D eigenvalue weighted by Crippen LogP contribution is 2.40. The van der Waals surface area contributed by atoms with Gasteiger partial charge in [-0.05, 0) is 51.2 Å². The van der Waals surface area contributed by atoms with E-state index >= 15 is 0 Å². The lowest BCUT2D eigenvalue weighted by atomic mass is 10.1. The van der Waals surface area contributed by atoms with Gasteiger partial charge in [-0.3, -0.25) is 4.79 Å². The second-order valence-electron chi connectivity index (χ2n) is 7.20. The molecule has 2 heterocycles. The first kappa shape index (κ1) is 15.9. The Kier molecular flexibility index (Phi) is 3.86. The minimum atomic E-state index is 0.000648. The van der Waals surface area contributed by atoms with E-state index in [-0.39, 0.29) is 5.91 Å². The number of H-pyrrole nitrogens is 1. The summed E-state index contributed by atoms with van der Waals surface area (Å²) >= 11 is 0. The van der Waals surface area contributed by atoms with E-state index in [4.69, 9.17) is 0 Å². The number of hydrogen-bond acceptors (Lipinski definition) is 2. The predicted molar refractivity (Wildman–Crippen MR) is 99.8 cm³/mol. The monoisotopic (exact) mass is 336 g/mol. The lowest BCUT2D eigenvalue weighted by Crippen LogP contribution is -2.20. The molecule has 1 saturated carbocycles. The average Bonchev–Trinajstić information content (AvgIpc) is 3.32. The van der Waals surface area contributed by atoms with Crippen LogP contribution in [0.2, 0.25) is 0 Å². The van der Waals surface area contributed by atoms with Crippen molar-refractivity contribution in [2.24, 2.45) is 5.92 Å². The van der Waals surface area contributed by atoms with Crippen LogP contribution in [0, 0.1) is 19.8 Å². The lowest BCUT2D eigenvalue weighted by Gasteiger charge is -2.16. The molecule has 2 aromatic heterocycles. The number of hydrogen-bond donors (Lipinski definition) is 2. The Hall–Kier alpha value is -2.56. The number of aromatic amines is 1. The fourth-order valence-electron chi connectivity index (χ4n) is 3.59. The highest BCUT2D eigenvalue weighted by atomic mass is 16.1. The maximum absolute atomic E-state index is 12.7. The van der Waals surface area contributed by atoms with Crippen molar-refractivity contribution in [3.05, 3.63) is 47.3 Å². The quantitative estimate of drug-likeness (QED) is 0.736. The van der Waals surface area contributed by atoms with Crippen molar-refractivity contribution in [2.75, 3.05) is 5.32 Å². The fourth-order valence-corrected chi connectivity index (χ4v) is 3.59. The molecule has 2 N–H and O–H groups in total. The van der Waals surface area contributed by atoms with E-state index in [2.05, 4.69) is 28.4 Å². The van der Waals surface area contributed by atoms with Crippen LogP contribution in [-0.2, 0) is 11.2 Å². The molecule has 1 aliphatic carbocycles. The molecule has 4 rings (SSSR count). The number of aromatic nitrogens is 3. The summed E-state index contributed by atoms with van der Waals surface area (Å²) in [6.45, 7) is 6.20. The van der Waals surface area contributed by atoms with Crippen LogP contribution in [0.1, 0.15) is 42.6 Å². The van der Waals surface area contributed by atoms with Gasteiger partial charge >= 0.3 is 0 Å². The molecule has 0 radical (unpaired) electrons. The van der Waals surface area contributed by atoms with Crippen molar-refractivity contribution in [1.82, 2.24) is 14.8 Å². The third-order valence-electron chi connectivity index (χ3n) is 5.29. The number of benzene rings is 1. The number of anilines is 1. The second kappa shape index (κ2) is 6.06. The summed E-state index contributed by atoms with van der Waals surface area (Å²) in [5.41, 5.74) is 4.20. The Morgan fingerprint density at radius 3 is 2.88 bits per heavy atom. The first-order valence-corrected chi connectivity index (χ1v) is 8.94. The van der Waals surface area contributed by atoms with Gasteiger partial charge in [0.2, 0.25) is 5.91 Å². The Balaban J connectivity index is 1.56. The van der Waals surface area contributed by atoms with Crippen LogP contribution in [-0.4, -0.2) is 20.7 Å². The number of rotatable bonds is 5. The molecule has 0 bridgehead atoms. The van der Waals surface area contributed by atoms with Crippen molar-refractivity contribution in [2.45, 2.75) is 46.1 Å². The van der Waals surface area contributed by atoms with Gasteiger partial charge in [0, 0.05) is 22.2 Å². The van der Waals surface area contributed by atoms with Crippen molar-refractivity contribution in [3.8, 4) is 0 Å². The Labute approximate surface area is 147 Å². The summed E-state index contributed by atoms with van der Waals surface area (Å²) < 4.78 is 1.98. The number of carbonyl (C=O) groups is 1. The van der Waals surface area contributed by atoms with Crippen LogP contribution >= 0.6 is 0 Å². The summed E-state index contributed by atoms with van der Waals surface area (Å²) in [6, 6.07) is 8.45. The van der Waals surface area contributed by atoms with Gasteiger partial charge in [-0.25, -0.2) is 4.68 Å². The summed E-state index contributed by atoms with van der Waals surface area (Å²) in [4.78, 5) is 16.1. The van der Waals surface area contributed by atoms with Crippen LogP contribution < -0.4 is 5.32 Å². The van der Waals surface area contributed by atoms with Gasteiger partial charge in [-0.15, -0.1) is 0 Å². The van der Waals surface area contributed by atoms with Crippen molar-refractivity contribution < 1.29 is 4.79 Å². The fraction of sp³-hybridized carbons (Fsp3) is 0.400. The van der Waals surface area contributed by atoms with Gasteiger partial charge in [-0.1, -0.05) is 18.2 Å². The standard InChI is InChI=1S/C20H24N4O/c1-12-11-21-24(14(3)15-8-9-15)20(12)23-19(25)10-17-13(2)22-18-7-5-4-6-16(17)18/h4-7,11,14-15,22H,8-10H2,1-3H3,(H,23,25). The zero-order valence-electron chi connectivity index (χ0n) is 15.0. The average molecular weight is 336 g/mol. The smallest absolute Gasteiger partial charge is 0.230 e. The zero-order chi connectivity index (χ0) is 17.6. The van der Waals surface area contributed by atoms with Crippen LogP contribution in [0.3, 0.4) is 0 Å². The largest absolute Gasteiger partial charge is 0.358 e. The third-order valence-corrected chi connectivity index (χ3v) is 5.29. The molecule has 1 fully saturated rings. The van der Waals surface area contributed by atoms with E-state index in [1.54, 1.807) is 0 Å². The van der Waals surface area contributed by atoms with E-state index < -0.39 is 0 Å². The molecule has 0 spiro atoms. The first-order chi connectivity index (χ1) is 12.0. The minimum absolute atomic E-state index is 0.000648. The molecular weight excluding hydrogens is 312 g/mol. The molecule has 1 aliphatic rings. The number of amides is 1. The van der Waals surface area contributed by atoms with Gasteiger partial charge < -0.3 is 10.3 Å². The number of nitrogens with one attached hydrogen (secondary N) is 2. The summed E-state index contributed by atoms with van der Waals surface area (Å²) in [5, 5.41) is 8.71. The van der Waals surface area contributed by atoms with E-state index in [0.717, 1.165) is 33.5 Å². The maximum atomic E-state index is 12.7. The van der Waals surface area contributed by atoms with Crippen molar-refractivity contribution >= 4 is 22.6 Å². The Morgan fingerprint density at radius 1 is 1.36 bits per heavy atom. The molecule has 5 heteroatoms. The second-order valence-corrected chi connectivity index (χ2v) is 7.20. The number of carbonyl (C=O) groups excluding carboxylic acids is 1. The van der Waals surface area contributed by atoms with E-state index in [1.165, 1.54) is 12.8 Å². The Morgan fingerprint density at radius 2 is 2.12 bits per heavy atom. The van der Waals surface area contributed by atoms with Gasteiger partial charge in [-0.2, -0.15) is 5.10 Å². The van der Waals surface area contributed by atoms with Crippen LogP contribution in [0.25, 0.3) is 10.9 Å². The van der Waals surface area contributed by atoms with E-state index in [0.29, 0.717) is 18.4 Å². The SMILES string of the molecule is Cc1cnn(C(C)C2CC2)c1NC(=O)Cc1c(C)[nH]c2ccccc12. The van der Waals surface area contributed by atoms with Crippen molar-refractivity contribution in [1.29, 1.82) is 0 Å². The molecule has 1 aromatic carbocycles. The van der Waals surface area contributed by atoms with Crippen LogP contribution in [0.15, 0.2) is 30.5 Å². The molecular formula is C20H24N4O. The summed E-state index contributed by atoms with van der Waals surface area (Å²) in [6.07, 6.45) is 4.70. The molecule has 1 amide bonds. The van der Waals surface area contributed by atoms with Crippen LogP contribution in [0.5, 0.6) is 0 Å². The van der Waals surface area contributed by atoms with Gasteiger partial charge in [0.25, 0.3) is 0 Å². The molecule has 0 aliphatic heterocycles. The number of nitrogens with zero attached hydrogens (tertiary/aromatic N) is 2. The first-order valence-electron chi connectivity index (χ1n) is 8.94. The molecule has 5 nitrogen and oxygen atoms in total. The molecule has 1 atom stereocenters. The minimum Gasteiger partial charge on any atom is -0.358 e. The highest BCUT2D eigenvalue weighted by molar-refractivity contribution is 5.96. The number of para-hydroxylation sites is 1. The molecule has 25 heavy (non-hydrogen) atoms. The van der Waals surface area contributed by atoms with Gasteiger partial charge in [0.1, 0.15) is 5.82 Å². The predicted octanol–water partition coefficient (Wildman–Crippen LogP) is 4.13. The maximum Gasteiger partial charge on any atom is 0.230 e. The lowest BCUT2D eigenvalue weighted by molar-refractivity contribution is -0.115. The van der Waals surface area contributed by atoms with E-state index in [9.17, 15) is 4.79 Å². The highest BCUT2D eigenvalue weighted by Gasteiger charge is 2.31. The van der Waals surface area contributed by atoms with Gasteiger partial charge in [0.05, 0.1) is 18.7 Å². The summed E-state index contributed by atoms with van der Waals surface area (Å²) in [5.74, 6) is 1.52. The molecule has 0 saturated heterocycles. The zero-order valence-corrected chi connectivity index (χ0v) is 15.0.